The number of benzene rings is 1. The number of aromatic nitrogens is 1. The van der Waals surface area contributed by atoms with E-state index in [1.54, 1.807) is 46.3 Å². The maximum absolute atomic E-state index is 12.7. The standard InChI is InChI=1S/C23H30N4O4/c1-23(2,31-4)22(29)27-13-11-15(12-14-27)17-10-9-16(20(24)25-17)21(28)26-18-7-5-6-8-19(18)30-3/h5-10,15H,11-14H2,1-4H3,(H2,24,25)(H,26,28). The zero-order valence-electron chi connectivity index (χ0n) is 18.5. The molecule has 0 atom stereocenters. The molecule has 2 amide bonds. The van der Waals surface area contributed by atoms with Crippen molar-refractivity contribution in [1.82, 2.24) is 9.88 Å². The molecule has 31 heavy (non-hydrogen) atoms. The topological polar surface area (TPSA) is 107 Å². The first-order chi connectivity index (χ1) is 14.8. The summed E-state index contributed by atoms with van der Waals surface area (Å²) in [4.78, 5) is 31.6. The Morgan fingerprint density at radius 2 is 1.81 bits per heavy atom. The van der Waals surface area contributed by atoms with Gasteiger partial charge in [0, 0.05) is 31.8 Å². The number of hydrogen-bond donors (Lipinski definition) is 2. The second-order valence-corrected chi connectivity index (χ2v) is 8.10. The Morgan fingerprint density at radius 1 is 1.13 bits per heavy atom. The van der Waals surface area contributed by atoms with Gasteiger partial charge in [-0.05, 0) is 51.0 Å². The molecule has 3 rings (SSSR count). The third kappa shape index (κ3) is 4.96. The average Bonchev–Trinajstić information content (AvgIpc) is 2.78. The monoisotopic (exact) mass is 426 g/mol. The summed E-state index contributed by atoms with van der Waals surface area (Å²) >= 11 is 0. The van der Waals surface area contributed by atoms with Gasteiger partial charge < -0.3 is 25.4 Å². The van der Waals surface area contributed by atoms with Gasteiger partial charge in [0.1, 0.15) is 17.2 Å². The van der Waals surface area contributed by atoms with Crippen molar-refractivity contribution in [1.29, 1.82) is 0 Å². The third-order valence-corrected chi connectivity index (χ3v) is 5.77. The summed E-state index contributed by atoms with van der Waals surface area (Å²) in [6, 6.07) is 10.7. The molecule has 166 valence electrons. The third-order valence-electron chi connectivity index (χ3n) is 5.77. The molecule has 0 saturated carbocycles. The fourth-order valence-corrected chi connectivity index (χ4v) is 3.69. The molecule has 1 aromatic carbocycles. The van der Waals surface area contributed by atoms with Crippen LogP contribution in [-0.4, -0.2) is 54.6 Å². The molecule has 1 aliphatic rings. The van der Waals surface area contributed by atoms with Crippen LogP contribution in [-0.2, 0) is 9.53 Å². The molecule has 2 heterocycles. The van der Waals surface area contributed by atoms with Gasteiger partial charge in [-0.1, -0.05) is 12.1 Å². The molecular weight excluding hydrogens is 396 g/mol. The molecule has 1 saturated heterocycles. The van der Waals surface area contributed by atoms with Crippen molar-refractivity contribution >= 4 is 23.3 Å². The highest BCUT2D eigenvalue weighted by molar-refractivity contribution is 6.07. The van der Waals surface area contributed by atoms with Gasteiger partial charge in [0.15, 0.2) is 0 Å². The number of rotatable bonds is 6. The fourth-order valence-electron chi connectivity index (χ4n) is 3.69. The summed E-state index contributed by atoms with van der Waals surface area (Å²) in [5, 5.41) is 2.82. The zero-order chi connectivity index (χ0) is 22.6. The molecule has 0 unspecified atom stereocenters. The van der Waals surface area contributed by atoms with Crippen LogP contribution in [0, 0.1) is 0 Å². The molecule has 3 N–H and O–H groups in total. The first kappa shape index (κ1) is 22.6. The minimum atomic E-state index is -0.827. The Kier molecular flexibility index (Phi) is 6.80. The number of nitrogens with one attached hydrogen (secondary N) is 1. The first-order valence-corrected chi connectivity index (χ1v) is 10.3. The summed E-state index contributed by atoms with van der Waals surface area (Å²) in [6.07, 6.45) is 1.56. The summed E-state index contributed by atoms with van der Waals surface area (Å²) in [5.74, 6) is 0.580. The van der Waals surface area contributed by atoms with Crippen molar-refractivity contribution in [2.24, 2.45) is 0 Å². The molecule has 0 bridgehead atoms. The van der Waals surface area contributed by atoms with E-state index in [4.69, 9.17) is 15.2 Å². The Labute approximate surface area is 182 Å². The lowest BCUT2D eigenvalue weighted by Gasteiger charge is -2.36. The highest BCUT2D eigenvalue weighted by Gasteiger charge is 2.34. The first-order valence-electron chi connectivity index (χ1n) is 10.3. The number of methoxy groups -OCH3 is 2. The minimum Gasteiger partial charge on any atom is -0.495 e. The zero-order valence-corrected chi connectivity index (χ0v) is 18.5. The number of anilines is 2. The van der Waals surface area contributed by atoms with E-state index in [2.05, 4.69) is 10.3 Å². The van der Waals surface area contributed by atoms with E-state index in [1.807, 2.05) is 23.1 Å². The summed E-state index contributed by atoms with van der Waals surface area (Å²) in [7, 11) is 3.09. The number of hydrogen-bond acceptors (Lipinski definition) is 6. The number of ether oxygens (including phenoxy) is 2. The van der Waals surface area contributed by atoms with Gasteiger partial charge in [-0.25, -0.2) is 4.98 Å². The van der Waals surface area contributed by atoms with Crippen LogP contribution >= 0.6 is 0 Å². The van der Waals surface area contributed by atoms with Crippen molar-refractivity contribution in [3.63, 3.8) is 0 Å². The normalized spacial score (nSPS) is 14.9. The molecule has 2 aromatic rings. The fraction of sp³-hybridized carbons (Fsp3) is 0.435. The van der Waals surface area contributed by atoms with E-state index in [1.165, 1.54) is 0 Å². The number of piperidine rings is 1. The lowest BCUT2D eigenvalue weighted by atomic mass is 9.91. The van der Waals surface area contributed by atoms with Gasteiger partial charge in [0.05, 0.1) is 18.4 Å². The second kappa shape index (κ2) is 9.34. The number of para-hydroxylation sites is 2. The van der Waals surface area contributed by atoms with E-state index in [0.717, 1.165) is 18.5 Å². The van der Waals surface area contributed by atoms with Gasteiger partial charge in [-0.2, -0.15) is 0 Å². The molecule has 1 aromatic heterocycles. The van der Waals surface area contributed by atoms with E-state index in [9.17, 15) is 9.59 Å². The van der Waals surface area contributed by atoms with Crippen LogP contribution < -0.4 is 15.8 Å². The van der Waals surface area contributed by atoms with Crippen LogP contribution in [0.5, 0.6) is 5.75 Å². The van der Waals surface area contributed by atoms with Crippen molar-refractivity contribution in [3.05, 3.63) is 47.7 Å². The van der Waals surface area contributed by atoms with Crippen molar-refractivity contribution in [3.8, 4) is 5.75 Å². The van der Waals surface area contributed by atoms with Crippen LogP contribution in [0.2, 0.25) is 0 Å². The molecule has 8 nitrogen and oxygen atoms in total. The van der Waals surface area contributed by atoms with Crippen LogP contribution in [0.25, 0.3) is 0 Å². The second-order valence-electron chi connectivity index (χ2n) is 8.10. The SMILES string of the molecule is COc1ccccc1NC(=O)c1ccc(C2CCN(C(=O)C(C)(C)OC)CC2)nc1N. The molecule has 1 fully saturated rings. The van der Waals surface area contributed by atoms with Crippen molar-refractivity contribution in [2.75, 3.05) is 38.4 Å². The lowest BCUT2D eigenvalue weighted by Crippen LogP contribution is -2.49. The lowest BCUT2D eigenvalue weighted by molar-refractivity contribution is -0.152. The minimum absolute atomic E-state index is 0.00992. The number of likely N-dealkylation sites (tertiary alicyclic amines) is 1. The number of pyridine rings is 1. The summed E-state index contributed by atoms with van der Waals surface area (Å²) < 4.78 is 10.6. The number of nitrogens with zero attached hydrogens (tertiary/aromatic N) is 2. The molecule has 0 aliphatic carbocycles. The highest BCUT2D eigenvalue weighted by atomic mass is 16.5. The predicted molar refractivity (Wildman–Crippen MR) is 119 cm³/mol. The van der Waals surface area contributed by atoms with Crippen molar-refractivity contribution < 1.29 is 19.1 Å². The van der Waals surface area contributed by atoms with Gasteiger partial charge in [0.2, 0.25) is 0 Å². The molecule has 0 spiro atoms. The quantitative estimate of drug-likeness (QED) is 0.735. The summed E-state index contributed by atoms with van der Waals surface area (Å²) in [5.41, 5.74) is 7.00. The van der Waals surface area contributed by atoms with Crippen molar-refractivity contribution in [2.45, 2.75) is 38.2 Å². The van der Waals surface area contributed by atoms with E-state index >= 15 is 0 Å². The maximum atomic E-state index is 12.7. The van der Waals surface area contributed by atoms with Crippen LogP contribution in [0.3, 0.4) is 0 Å². The Hall–Kier alpha value is -3.13. The molecule has 8 heteroatoms. The van der Waals surface area contributed by atoms with Gasteiger partial charge in [0.25, 0.3) is 11.8 Å². The molecule has 0 radical (unpaired) electrons. The number of nitrogen functional groups attached to an aromatic ring is 1. The average molecular weight is 427 g/mol. The van der Waals surface area contributed by atoms with Gasteiger partial charge >= 0.3 is 0 Å². The van der Waals surface area contributed by atoms with E-state index < -0.39 is 5.60 Å². The number of carbonyl (C=O) groups excluding carboxylic acids is 2. The number of nitrogens with two attached hydrogens (primary N) is 1. The van der Waals surface area contributed by atoms with E-state index in [-0.39, 0.29) is 23.6 Å². The highest BCUT2D eigenvalue weighted by Crippen LogP contribution is 2.30. The Morgan fingerprint density at radius 3 is 2.42 bits per heavy atom. The molecule has 1 aliphatic heterocycles. The smallest absolute Gasteiger partial charge is 0.259 e. The van der Waals surface area contributed by atoms with Crippen LogP contribution in [0.1, 0.15) is 48.7 Å². The largest absolute Gasteiger partial charge is 0.495 e. The van der Waals surface area contributed by atoms with Crippen LogP contribution in [0.4, 0.5) is 11.5 Å². The maximum Gasteiger partial charge on any atom is 0.259 e. The number of amides is 2. The summed E-state index contributed by atoms with van der Waals surface area (Å²) in [6.45, 7) is 4.82. The number of carbonyl (C=O) groups is 2. The van der Waals surface area contributed by atoms with Gasteiger partial charge in [-0.15, -0.1) is 0 Å². The Bertz CT molecular complexity index is 952. The van der Waals surface area contributed by atoms with Crippen LogP contribution in [0.15, 0.2) is 36.4 Å². The Balaban J connectivity index is 1.66. The van der Waals surface area contributed by atoms with Gasteiger partial charge in [-0.3, -0.25) is 9.59 Å². The predicted octanol–water partition coefficient (Wildman–Crippen LogP) is 3.06. The van der Waals surface area contributed by atoms with E-state index in [0.29, 0.717) is 30.1 Å². The molecular formula is C23H30N4O4.